The van der Waals surface area contributed by atoms with Crippen LogP contribution in [0.3, 0.4) is 0 Å². The highest BCUT2D eigenvalue weighted by molar-refractivity contribution is 6.31. The highest BCUT2D eigenvalue weighted by Gasteiger charge is 2.24. The molecule has 0 atom stereocenters. The van der Waals surface area contributed by atoms with Gasteiger partial charge in [-0.25, -0.2) is 4.39 Å². The zero-order valence-electron chi connectivity index (χ0n) is 17.4. The first-order valence-corrected chi connectivity index (χ1v) is 10.7. The third-order valence-corrected chi connectivity index (χ3v) is 5.70. The Morgan fingerprint density at radius 3 is 2.61 bits per heavy atom. The Bertz CT molecular complexity index is 1050. The summed E-state index contributed by atoms with van der Waals surface area (Å²) in [6.07, 6.45) is 1.58. The molecular weight excluding hydrogens is 419 g/mol. The number of carbonyl (C=O) groups is 1. The van der Waals surface area contributed by atoms with Crippen LogP contribution in [0.4, 0.5) is 4.39 Å². The number of hydrogen-bond acceptors (Lipinski definition) is 5. The van der Waals surface area contributed by atoms with Crippen LogP contribution in [0.25, 0.3) is 11.4 Å². The van der Waals surface area contributed by atoms with E-state index in [9.17, 15) is 9.18 Å². The topological polar surface area (TPSA) is 62.5 Å². The Labute approximate surface area is 185 Å². The van der Waals surface area contributed by atoms with Crippen molar-refractivity contribution >= 4 is 17.5 Å². The van der Waals surface area contributed by atoms with Gasteiger partial charge >= 0.3 is 0 Å². The van der Waals surface area contributed by atoms with Crippen molar-refractivity contribution in [3.05, 3.63) is 70.3 Å². The van der Waals surface area contributed by atoms with Crippen molar-refractivity contribution < 1.29 is 13.7 Å². The predicted octanol–water partition coefficient (Wildman–Crippen LogP) is 4.23. The SMILES string of the molecule is Cc1ccc(-c2noc(CCCN3CCN(C(=O)c4cc(Cl)ccc4F)CC3)n2)cc1. The van der Waals surface area contributed by atoms with Crippen molar-refractivity contribution in [3.8, 4) is 11.4 Å². The van der Waals surface area contributed by atoms with Crippen LogP contribution in [0.5, 0.6) is 0 Å². The summed E-state index contributed by atoms with van der Waals surface area (Å²) in [5.41, 5.74) is 2.16. The molecule has 3 aromatic rings. The molecule has 2 heterocycles. The van der Waals surface area contributed by atoms with Gasteiger partial charge in [0.25, 0.3) is 5.91 Å². The van der Waals surface area contributed by atoms with Gasteiger partial charge in [0, 0.05) is 43.2 Å². The molecule has 31 heavy (non-hydrogen) atoms. The van der Waals surface area contributed by atoms with Gasteiger partial charge in [-0.3, -0.25) is 9.69 Å². The highest BCUT2D eigenvalue weighted by Crippen LogP contribution is 2.19. The first-order valence-electron chi connectivity index (χ1n) is 10.4. The second kappa shape index (κ2) is 9.58. The summed E-state index contributed by atoms with van der Waals surface area (Å²) >= 11 is 5.91. The van der Waals surface area contributed by atoms with Crippen molar-refractivity contribution in [1.29, 1.82) is 0 Å². The molecule has 0 saturated carbocycles. The van der Waals surface area contributed by atoms with Gasteiger partial charge in [-0.15, -0.1) is 0 Å². The fourth-order valence-corrected chi connectivity index (χ4v) is 3.81. The lowest BCUT2D eigenvalue weighted by atomic mass is 10.1. The van der Waals surface area contributed by atoms with E-state index in [4.69, 9.17) is 16.1 Å². The third-order valence-electron chi connectivity index (χ3n) is 5.46. The van der Waals surface area contributed by atoms with Crippen LogP contribution >= 0.6 is 11.6 Å². The summed E-state index contributed by atoms with van der Waals surface area (Å²) in [7, 11) is 0. The van der Waals surface area contributed by atoms with Crippen molar-refractivity contribution in [3.63, 3.8) is 0 Å². The summed E-state index contributed by atoms with van der Waals surface area (Å²) in [4.78, 5) is 21.0. The number of aryl methyl sites for hydroxylation is 2. The van der Waals surface area contributed by atoms with Gasteiger partial charge in [0.05, 0.1) is 5.56 Å². The van der Waals surface area contributed by atoms with Gasteiger partial charge < -0.3 is 9.42 Å². The summed E-state index contributed by atoms with van der Waals surface area (Å²) in [6, 6.07) is 12.1. The molecule has 2 aromatic carbocycles. The van der Waals surface area contributed by atoms with E-state index in [1.165, 1.54) is 23.8 Å². The molecule has 0 radical (unpaired) electrons. The number of halogens is 2. The van der Waals surface area contributed by atoms with Gasteiger partial charge in [0.1, 0.15) is 5.82 Å². The van der Waals surface area contributed by atoms with Gasteiger partial charge in [-0.2, -0.15) is 4.98 Å². The molecular formula is C23H24ClFN4O2. The molecule has 6 nitrogen and oxygen atoms in total. The lowest BCUT2D eigenvalue weighted by Crippen LogP contribution is -2.49. The van der Waals surface area contributed by atoms with Crippen LogP contribution < -0.4 is 0 Å². The number of benzene rings is 2. The minimum absolute atomic E-state index is 0.0294. The number of aromatic nitrogens is 2. The van der Waals surface area contributed by atoms with E-state index in [1.807, 2.05) is 31.2 Å². The maximum absolute atomic E-state index is 14.0. The largest absolute Gasteiger partial charge is 0.339 e. The maximum atomic E-state index is 14.0. The summed E-state index contributed by atoms with van der Waals surface area (Å²) in [5, 5.41) is 4.43. The maximum Gasteiger partial charge on any atom is 0.256 e. The summed E-state index contributed by atoms with van der Waals surface area (Å²) in [5.74, 6) is 0.381. The Morgan fingerprint density at radius 1 is 1.13 bits per heavy atom. The molecule has 1 aliphatic heterocycles. The second-order valence-corrected chi connectivity index (χ2v) is 8.18. The quantitative estimate of drug-likeness (QED) is 0.571. The van der Waals surface area contributed by atoms with E-state index in [2.05, 4.69) is 15.0 Å². The molecule has 1 fully saturated rings. The van der Waals surface area contributed by atoms with Crippen LogP contribution in [0.1, 0.15) is 28.2 Å². The van der Waals surface area contributed by atoms with Crippen LogP contribution in [0.15, 0.2) is 47.0 Å². The summed E-state index contributed by atoms with van der Waals surface area (Å²) < 4.78 is 19.3. The van der Waals surface area contributed by atoms with Crippen molar-refractivity contribution in [2.24, 2.45) is 0 Å². The Hall–Kier alpha value is -2.77. The van der Waals surface area contributed by atoms with E-state index in [-0.39, 0.29) is 11.5 Å². The van der Waals surface area contributed by atoms with Gasteiger partial charge in [0.15, 0.2) is 0 Å². The van der Waals surface area contributed by atoms with Gasteiger partial charge in [0.2, 0.25) is 11.7 Å². The second-order valence-electron chi connectivity index (χ2n) is 7.74. The minimum Gasteiger partial charge on any atom is -0.339 e. The molecule has 0 bridgehead atoms. The number of hydrogen-bond donors (Lipinski definition) is 0. The highest BCUT2D eigenvalue weighted by atomic mass is 35.5. The van der Waals surface area contributed by atoms with Crippen LogP contribution in [0.2, 0.25) is 5.02 Å². The predicted molar refractivity (Wildman–Crippen MR) is 117 cm³/mol. The minimum atomic E-state index is -0.540. The van der Waals surface area contributed by atoms with Gasteiger partial charge in [-0.1, -0.05) is 46.6 Å². The molecule has 0 spiro atoms. The van der Waals surface area contributed by atoms with E-state index < -0.39 is 5.82 Å². The molecule has 0 N–H and O–H groups in total. The standard InChI is InChI=1S/C23H24ClFN4O2/c1-16-4-6-17(7-5-16)22-26-21(31-27-22)3-2-10-28-11-13-29(14-12-28)23(30)19-15-18(24)8-9-20(19)25/h4-9,15H,2-3,10-14H2,1H3. The van der Waals surface area contributed by atoms with Crippen molar-refractivity contribution in [2.45, 2.75) is 19.8 Å². The molecule has 8 heteroatoms. The molecule has 1 aliphatic rings. The molecule has 1 saturated heterocycles. The summed E-state index contributed by atoms with van der Waals surface area (Å²) in [6.45, 7) is 5.51. The normalized spacial score (nSPS) is 14.7. The zero-order valence-corrected chi connectivity index (χ0v) is 18.1. The third kappa shape index (κ3) is 5.29. The zero-order chi connectivity index (χ0) is 21.8. The lowest BCUT2D eigenvalue weighted by molar-refractivity contribution is 0.0631. The fraction of sp³-hybridized carbons (Fsp3) is 0.348. The fourth-order valence-electron chi connectivity index (χ4n) is 3.64. The number of carbonyl (C=O) groups excluding carboxylic acids is 1. The number of piperazine rings is 1. The first-order chi connectivity index (χ1) is 15.0. The molecule has 1 aromatic heterocycles. The lowest BCUT2D eigenvalue weighted by Gasteiger charge is -2.34. The number of amides is 1. The van der Waals surface area contributed by atoms with Crippen LogP contribution in [0, 0.1) is 12.7 Å². The Kier molecular flexibility index (Phi) is 6.63. The number of rotatable bonds is 6. The molecule has 1 amide bonds. The van der Waals surface area contributed by atoms with E-state index in [0.717, 1.165) is 31.6 Å². The molecule has 0 aliphatic carbocycles. The molecule has 0 unspecified atom stereocenters. The van der Waals surface area contributed by atoms with Crippen molar-refractivity contribution in [2.75, 3.05) is 32.7 Å². The molecule has 162 valence electrons. The van der Waals surface area contributed by atoms with E-state index in [0.29, 0.717) is 36.2 Å². The molecule has 4 rings (SSSR count). The van der Waals surface area contributed by atoms with E-state index in [1.54, 1.807) is 4.90 Å². The smallest absolute Gasteiger partial charge is 0.256 e. The van der Waals surface area contributed by atoms with Crippen molar-refractivity contribution in [1.82, 2.24) is 19.9 Å². The average molecular weight is 443 g/mol. The van der Waals surface area contributed by atoms with Gasteiger partial charge in [-0.05, 0) is 38.1 Å². The monoisotopic (exact) mass is 442 g/mol. The Morgan fingerprint density at radius 2 is 1.87 bits per heavy atom. The van der Waals surface area contributed by atoms with E-state index >= 15 is 0 Å². The number of nitrogens with zero attached hydrogens (tertiary/aromatic N) is 4. The average Bonchev–Trinajstić information content (AvgIpc) is 3.25. The first kappa shape index (κ1) is 21.5. The van der Waals surface area contributed by atoms with Crippen LogP contribution in [-0.2, 0) is 6.42 Å². The Balaban J connectivity index is 1.23. The van der Waals surface area contributed by atoms with Crippen LogP contribution in [-0.4, -0.2) is 58.6 Å².